The van der Waals surface area contributed by atoms with Crippen molar-refractivity contribution in [1.82, 2.24) is 0 Å². The molecule has 1 unspecified atom stereocenters. The lowest BCUT2D eigenvalue weighted by molar-refractivity contribution is 0.100. The SMILES string of the molecule is CC(Nc1cc(C(N)=O)ccc1Cl)c1cc(Br)cs1. The molecule has 6 heteroatoms. The highest BCUT2D eigenvalue weighted by Crippen LogP contribution is 2.31. The maximum Gasteiger partial charge on any atom is 0.248 e. The Kier molecular flexibility index (Phi) is 4.50. The molecule has 2 rings (SSSR count). The van der Waals surface area contributed by atoms with Crippen LogP contribution in [-0.2, 0) is 0 Å². The second-order valence-electron chi connectivity index (χ2n) is 4.09. The molecule has 1 aromatic carbocycles. The Morgan fingerprint density at radius 3 is 2.79 bits per heavy atom. The van der Waals surface area contributed by atoms with Crippen molar-refractivity contribution >= 4 is 50.5 Å². The van der Waals surface area contributed by atoms with Crippen LogP contribution in [0.4, 0.5) is 5.69 Å². The minimum Gasteiger partial charge on any atom is -0.376 e. The molecule has 0 saturated heterocycles. The number of nitrogens with one attached hydrogen (secondary N) is 1. The number of halogens is 2. The van der Waals surface area contributed by atoms with Crippen LogP contribution < -0.4 is 11.1 Å². The van der Waals surface area contributed by atoms with E-state index in [1.54, 1.807) is 29.5 Å². The van der Waals surface area contributed by atoms with Gasteiger partial charge in [0.05, 0.1) is 16.8 Å². The Morgan fingerprint density at radius 2 is 2.21 bits per heavy atom. The molecular weight excluding hydrogens is 348 g/mol. The molecule has 0 aliphatic rings. The summed E-state index contributed by atoms with van der Waals surface area (Å²) in [5.74, 6) is -0.466. The van der Waals surface area contributed by atoms with Gasteiger partial charge in [0, 0.05) is 20.3 Å². The van der Waals surface area contributed by atoms with Crippen molar-refractivity contribution < 1.29 is 4.79 Å². The zero-order chi connectivity index (χ0) is 14.0. The first kappa shape index (κ1) is 14.4. The van der Waals surface area contributed by atoms with E-state index in [-0.39, 0.29) is 6.04 Å². The lowest BCUT2D eigenvalue weighted by Crippen LogP contribution is -2.12. The second kappa shape index (κ2) is 5.94. The molecule has 1 heterocycles. The third-order valence-electron chi connectivity index (χ3n) is 2.64. The number of rotatable bonds is 4. The third-order valence-corrected chi connectivity index (χ3v) is 4.84. The van der Waals surface area contributed by atoms with Gasteiger partial charge in [0.15, 0.2) is 0 Å². The maximum atomic E-state index is 11.2. The Bertz CT molecular complexity index is 614. The fourth-order valence-corrected chi connectivity index (χ4v) is 3.27. The fourth-order valence-electron chi connectivity index (χ4n) is 1.65. The van der Waals surface area contributed by atoms with Crippen molar-refractivity contribution in [2.75, 3.05) is 5.32 Å². The van der Waals surface area contributed by atoms with Crippen molar-refractivity contribution in [2.45, 2.75) is 13.0 Å². The number of primary amides is 1. The van der Waals surface area contributed by atoms with E-state index < -0.39 is 5.91 Å². The molecule has 0 aliphatic carbocycles. The van der Waals surface area contributed by atoms with Gasteiger partial charge >= 0.3 is 0 Å². The molecule has 0 spiro atoms. The number of thiophene rings is 1. The molecule has 2 aromatic rings. The van der Waals surface area contributed by atoms with Gasteiger partial charge in [-0.3, -0.25) is 4.79 Å². The topological polar surface area (TPSA) is 55.1 Å². The summed E-state index contributed by atoms with van der Waals surface area (Å²) in [6.07, 6.45) is 0. The Hall–Kier alpha value is -1.04. The van der Waals surface area contributed by atoms with E-state index in [4.69, 9.17) is 17.3 Å². The van der Waals surface area contributed by atoms with Crippen molar-refractivity contribution in [1.29, 1.82) is 0 Å². The van der Waals surface area contributed by atoms with Crippen LogP contribution in [-0.4, -0.2) is 5.91 Å². The third kappa shape index (κ3) is 3.49. The average molecular weight is 360 g/mol. The van der Waals surface area contributed by atoms with Crippen molar-refractivity contribution in [3.63, 3.8) is 0 Å². The Morgan fingerprint density at radius 1 is 1.47 bits per heavy atom. The van der Waals surface area contributed by atoms with Crippen LogP contribution in [0.25, 0.3) is 0 Å². The van der Waals surface area contributed by atoms with Crippen LogP contribution in [0.15, 0.2) is 34.1 Å². The minimum absolute atomic E-state index is 0.0944. The molecule has 0 aliphatic heterocycles. The predicted molar refractivity (Wildman–Crippen MR) is 84.0 cm³/mol. The summed E-state index contributed by atoms with van der Waals surface area (Å²) in [6.45, 7) is 2.03. The van der Waals surface area contributed by atoms with E-state index in [2.05, 4.69) is 21.2 Å². The fraction of sp³-hybridized carbons (Fsp3) is 0.154. The van der Waals surface area contributed by atoms with Crippen LogP contribution in [0, 0.1) is 0 Å². The molecule has 0 bridgehead atoms. The van der Waals surface area contributed by atoms with Crippen LogP contribution in [0.2, 0.25) is 5.02 Å². The summed E-state index contributed by atoms with van der Waals surface area (Å²) in [4.78, 5) is 12.3. The molecule has 19 heavy (non-hydrogen) atoms. The zero-order valence-corrected chi connectivity index (χ0v) is 13.3. The quantitative estimate of drug-likeness (QED) is 0.848. The van der Waals surface area contributed by atoms with Gasteiger partial charge in [0.25, 0.3) is 0 Å². The maximum absolute atomic E-state index is 11.2. The summed E-state index contributed by atoms with van der Waals surface area (Å²) in [5.41, 5.74) is 6.40. The number of carbonyl (C=O) groups excluding carboxylic acids is 1. The molecule has 3 nitrogen and oxygen atoms in total. The Balaban J connectivity index is 2.22. The first-order valence-corrected chi connectivity index (χ1v) is 7.62. The second-order valence-corrected chi connectivity index (χ2v) is 6.36. The number of amides is 1. The molecule has 0 radical (unpaired) electrons. The zero-order valence-electron chi connectivity index (χ0n) is 10.1. The number of benzene rings is 1. The molecule has 100 valence electrons. The number of nitrogens with two attached hydrogens (primary N) is 1. The van der Waals surface area contributed by atoms with Gasteiger partial charge in [-0.1, -0.05) is 11.6 Å². The van der Waals surface area contributed by atoms with Gasteiger partial charge in [-0.2, -0.15) is 0 Å². The molecule has 3 N–H and O–H groups in total. The van der Waals surface area contributed by atoms with E-state index in [1.165, 1.54) is 4.88 Å². The monoisotopic (exact) mass is 358 g/mol. The van der Waals surface area contributed by atoms with Gasteiger partial charge in [0.2, 0.25) is 5.91 Å². The number of carbonyl (C=O) groups is 1. The van der Waals surface area contributed by atoms with Crippen molar-refractivity contribution in [2.24, 2.45) is 5.73 Å². The Labute approximate surface area is 128 Å². The van der Waals surface area contributed by atoms with E-state index in [0.717, 1.165) is 4.47 Å². The van der Waals surface area contributed by atoms with E-state index in [9.17, 15) is 4.79 Å². The van der Waals surface area contributed by atoms with E-state index >= 15 is 0 Å². The normalized spacial score (nSPS) is 12.2. The molecule has 1 amide bonds. The average Bonchev–Trinajstić information content (AvgIpc) is 2.78. The van der Waals surface area contributed by atoms with Crippen LogP contribution in [0.1, 0.15) is 28.2 Å². The summed E-state index contributed by atoms with van der Waals surface area (Å²) in [5, 5.41) is 5.87. The van der Waals surface area contributed by atoms with Crippen molar-refractivity contribution in [3.05, 3.63) is 49.6 Å². The van der Waals surface area contributed by atoms with Crippen LogP contribution in [0.3, 0.4) is 0 Å². The van der Waals surface area contributed by atoms with Gasteiger partial charge in [-0.15, -0.1) is 11.3 Å². The van der Waals surface area contributed by atoms with Crippen molar-refractivity contribution in [3.8, 4) is 0 Å². The first-order chi connectivity index (χ1) is 8.97. The molecule has 0 fully saturated rings. The number of hydrogen-bond donors (Lipinski definition) is 2. The lowest BCUT2D eigenvalue weighted by Gasteiger charge is -2.15. The van der Waals surface area contributed by atoms with Gasteiger partial charge in [-0.25, -0.2) is 0 Å². The summed E-state index contributed by atoms with van der Waals surface area (Å²) in [7, 11) is 0. The smallest absolute Gasteiger partial charge is 0.248 e. The number of hydrogen-bond acceptors (Lipinski definition) is 3. The first-order valence-electron chi connectivity index (χ1n) is 5.57. The van der Waals surface area contributed by atoms with Crippen LogP contribution in [0.5, 0.6) is 0 Å². The summed E-state index contributed by atoms with van der Waals surface area (Å²) < 4.78 is 1.05. The van der Waals surface area contributed by atoms with Crippen LogP contribution >= 0.6 is 38.9 Å². The molecule has 0 saturated carbocycles. The standard InChI is InChI=1S/C13H12BrClN2OS/c1-7(12-5-9(14)6-19-12)17-11-4-8(13(16)18)2-3-10(11)15/h2-7,17H,1H3,(H2,16,18). The summed E-state index contributed by atoms with van der Waals surface area (Å²) >= 11 is 11.2. The van der Waals surface area contributed by atoms with Gasteiger partial charge in [-0.05, 0) is 47.1 Å². The molecular formula is C13H12BrClN2OS. The molecule has 1 aromatic heterocycles. The highest BCUT2D eigenvalue weighted by molar-refractivity contribution is 9.10. The number of anilines is 1. The van der Waals surface area contributed by atoms with E-state index in [1.807, 2.05) is 18.4 Å². The largest absolute Gasteiger partial charge is 0.376 e. The highest BCUT2D eigenvalue weighted by Gasteiger charge is 2.11. The van der Waals surface area contributed by atoms with Gasteiger partial charge in [0.1, 0.15) is 0 Å². The minimum atomic E-state index is -0.466. The summed E-state index contributed by atoms with van der Waals surface area (Å²) in [6, 6.07) is 7.10. The molecule has 1 atom stereocenters. The lowest BCUT2D eigenvalue weighted by atomic mass is 10.1. The van der Waals surface area contributed by atoms with Gasteiger partial charge < -0.3 is 11.1 Å². The highest BCUT2D eigenvalue weighted by atomic mass is 79.9. The predicted octanol–water partition coefficient (Wildman–Crippen LogP) is 4.44. The van der Waals surface area contributed by atoms with E-state index in [0.29, 0.717) is 16.3 Å².